The molecule has 0 bridgehead atoms. The van der Waals surface area contributed by atoms with Crippen LogP contribution < -0.4 is 10.6 Å². The van der Waals surface area contributed by atoms with Gasteiger partial charge in [0.15, 0.2) is 5.82 Å². The van der Waals surface area contributed by atoms with Crippen molar-refractivity contribution >= 4 is 22.8 Å². The zero-order valence-corrected chi connectivity index (χ0v) is 20.8. The Morgan fingerprint density at radius 3 is 2.76 bits per heavy atom. The lowest BCUT2D eigenvalue weighted by molar-refractivity contribution is -0.129. The van der Waals surface area contributed by atoms with Crippen molar-refractivity contribution in [1.29, 1.82) is 0 Å². The van der Waals surface area contributed by atoms with Crippen molar-refractivity contribution in [3.8, 4) is 0 Å². The summed E-state index contributed by atoms with van der Waals surface area (Å²) in [6, 6.07) is 4.32. The number of nitrogens with one attached hydrogen (secondary N) is 3. The second kappa shape index (κ2) is 11.0. The Morgan fingerprint density at radius 2 is 2.09 bits per heavy atom. The highest BCUT2D eigenvalue weighted by molar-refractivity contribution is 5.88. The number of aromatic amines is 1. The van der Waals surface area contributed by atoms with Crippen LogP contribution in [0.25, 0.3) is 11.0 Å². The Morgan fingerprint density at radius 1 is 1.32 bits per heavy atom. The van der Waals surface area contributed by atoms with E-state index in [0.29, 0.717) is 30.2 Å². The zero-order chi connectivity index (χ0) is 24.9. The summed E-state index contributed by atoms with van der Waals surface area (Å²) >= 11 is 0. The number of imidazole rings is 1. The molecule has 8 heteroatoms. The van der Waals surface area contributed by atoms with Crippen molar-refractivity contribution in [2.75, 3.05) is 6.54 Å². The van der Waals surface area contributed by atoms with Crippen molar-refractivity contribution in [1.82, 2.24) is 25.5 Å². The molecule has 0 radical (unpaired) electrons. The van der Waals surface area contributed by atoms with Gasteiger partial charge < -0.3 is 20.5 Å². The highest BCUT2D eigenvalue weighted by Gasteiger charge is 2.27. The number of likely N-dealkylation sites (tertiary alicyclic amines) is 1. The summed E-state index contributed by atoms with van der Waals surface area (Å²) in [7, 11) is 0. The minimum absolute atomic E-state index is 0.0263. The fourth-order valence-electron chi connectivity index (χ4n) is 4.31. The van der Waals surface area contributed by atoms with Gasteiger partial charge in [0.1, 0.15) is 17.4 Å². The number of benzene rings is 1. The molecule has 1 aliphatic heterocycles. The first kappa shape index (κ1) is 25.7. The summed E-state index contributed by atoms with van der Waals surface area (Å²) in [5.41, 5.74) is 1.70. The number of carbonyl (C=O) groups is 2. The van der Waals surface area contributed by atoms with Crippen molar-refractivity contribution in [2.24, 2.45) is 5.41 Å². The van der Waals surface area contributed by atoms with Gasteiger partial charge in [0.05, 0.1) is 12.1 Å². The van der Waals surface area contributed by atoms with Crippen molar-refractivity contribution in [2.45, 2.75) is 84.8 Å². The van der Waals surface area contributed by atoms with Crippen LogP contribution in [0.3, 0.4) is 0 Å². The number of rotatable bonds is 9. The second-order valence-corrected chi connectivity index (χ2v) is 10.5. The first-order valence-corrected chi connectivity index (χ1v) is 12.2. The number of halogens is 1. The summed E-state index contributed by atoms with van der Waals surface area (Å²) in [5, 5.41) is 5.76. The smallest absolute Gasteiger partial charge is 0.243 e. The number of H-pyrrole nitrogens is 1. The summed E-state index contributed by atoms with van der Waals surface area (Å²) in [6.07, 6.45) is 4.80. The molecule has 1 aromatic carbocycles. The number of amides is 2. The number of hydrogen-bond donors (Lipinski definition) is 3. The SMILES string of the molecule is C=C(C[C@H](NC(=O)CCC(C)(C)C)C(=O)NCc1nc2c(F)cccc2[nH]1)N1CCCC[C@@H]1C. The van der Waals surface area contributed by atoms with Gasteiger partial charge in [0, 0.05) is 31.1 Å². The van der Waals surface area contributed by atoms with Crippen LogP contribution in [0.5, 0.6) is 0 Å². The fourth-order valence-corrected chi connectivity index (χ4v) is 4.31. The quantitative estimate of drug-likeness (QED) is 0.505. The van der Waals surface area contributed by atoms with E-state index in [9.17, 15) is 14.0 Å². The van der Waals surface area contributed by atoms with Crippen LogP contribution in [0, 0.1) is 11.2 Å². The second-order valence-electron chi connectivity index (χ2n) is 10.5. The van der Waals surface area contributed by atoms with Crippen LogP contribution in [0.2, 0.25) is 0 Å². The van der Waals surface area contributed by atoms with Gasteiger partial charge >= 0.3 is 0 Å². The van der Waals surface area contributed by atoms with Crippen molar-refractivity contribution in [3.63, 3.8) is 0 Å². The average molecular weight is 472 g/mol. The molecule has 0 aliphatic carbocycles. The standard InChI is InChI=1S/C26H38FN5O2/c1-17-9-6-7-14-32(17)18(2)15-21(30-23(33)12-13-26(3,4)5)25(34)28-16-22-29-20-11-8-10-19(27)24(20)31-22/h8,10-11,17,21H,2,6-7,9,12-16H2,1,3-5H3,(H,28,34)(H,29,31)(H,30,33)/t17-,21-/m0/s1. The largest absolute Gasteiger partial charge is 0.373 e. The molecular weight excluding hydrogens is 433 g/mol. The van der Waals surface area contributed by atoms with E-state index in [0.717, 1.165) is 31.5 Å². The molecule has 3 rings (SSSR count). The summed E-state index contributed by atoms with van der Waals surface area (Å²) in [6.45, 7) is 13.7. The monoisotopic (exact) mass is 471 g/mol. The lowest BCUT2D eigenvalue weighted by Crippen LogP contribution is -2.48. The average Bonchev–Trinajstić information content (AvgIpc) is 3.20. The lowest BCUT2D eigenvalue weighted by Gasteiger charge is -2.37. The van der Waals surface area contributed by atoms with E-state index in [1.807, 2.05) is 0 Å². The highest BCUT2D eigenvalue weighted by Crippen LogP contribution is 2.24. The van der Waals surface area contributed by atoms with Gasteiger partial charge in [0.2, 0.25) is 11.8 Å². The molecule has 0 spiro atoms. The van der Waals surface area contributed by atoms with Gasteiger partial charge in [-0.3, -0.25) is 9.59 Å². The van der Waals surface area contributed by atoms with Gasteiger partial charge in [0.25, 0.3) is 0 Å². The van der Waals surface area contributed by atoms with E-state index in [1.165, 1.54) is 12.5 Å². The first-order valence-electron chi connectivity index (χ1n) is 12.2. The van der Waals surface area contributed by atoms with Crippen molar-refractivity contribution in [3.05, 3.63) is 42.1 Å². The molecular formula is C26H38FN5O2. The van der Waals surface area contributed by atoms with Gasteiger partial charge in [-0.25, -0.2) is 9.37 Å². The number of nitrogens with zero attached hydrogens (tertiary/aromatic N) is 2. The molecule has 186 valence electrons. The third kappa shape index (κ3) is 7.05. The van der Waals surface area contributed by atoms with E-state index < -0.39 is 11.9 Å². The Kier molecular flexibility index (Phi) is 8.33. The third-order valence-electron chi connectivity index (χ3n) is 6.35. The Labute approximate surface area is 201 Å². The molecule has 1 fully saturated rings. The maximum atomic E-state index is 13.9. The first-order chi connectivity index (χ1) is 16.0. The number of piperidine rings is 1. The van der Waals surface area contributed by atoms with Crippen LogP contribution >= 0.6 is 0 Å². The molecule has 3 N–H and O–H groups in total. The fraction of sp³-hybridized carbons (Fsp3) is 0.577. The molecule has 2 heterocycles. The van der Waals surface area contributed by atoms with E-state index in [2.05, 4.69) is 59.8 Å². The summed E-state index contributed by atoms with van der Waals surface area (Å²) < 4.78 is 13.9. The molecule has 1 aromatic heterocycles. The van der Waals surface area contributed by atoms with Gasteiger partial charge in [-0.1, -0.05) is 33.4 Å². The van der Waals surface area contributed by atoms with E-state index >= 15 is 0 Å². The predicted octanol–water partition coefficient (Wildman–Crippen LogP) is 4.41. The molecule has 0 unspecified atom stereocenters. The highest BCUT2D eigenvalue weighted by atomic mass is 19.1. The maximum absolute atomic E-state index is 13.9. The molecule has 1 saturated heterocycles. The van der Waals surface area contributed by atoms with Gasteiger partial charge in [-0.05, 0) is 50.2 Å². The number of fused-ring (bicyclic) bond motifs is 1. The summed E-state index contributed by atoms with van der Waals surface area (Å²) in [5.74, 6) is -0.423. The number of carbonyl (C=O) groups excluding carboxylic acids is 2. The van der Waals surface area contributed by atoms with Crippen LogP contribution in [-0.4, -0.2) is 45.3 Å². The third-order valence-corrected chi connectivity index (χ3v) is 6.35. The van der Waals surface area contributed by atoms with Crippen LogP contribution in [0.15, 0.2) is 30.5 Å². The van der Waals surface area contributed by atoms with E-state index in [1.54, 1.807) is 12.1 Å². The molecule has 1 aliphatic rings. The molecule has 2 atom stereocenters. The molecule has 34 heavy (non-hydrogen) atoms. The normalized spacial score (nSPS) is 17.4. The maximum Gasteiger partial charge on any atom is 0.243 e. The minimum Gasteiger partial charge on any atom is -0.373 e. The number of hydrogen-bond acceptors (Lipinski definition) is 4. The van der Waals surface area contributed by atoms with Crippen molar-refractivity contribution < 1.29 is 14.0 Å². The molecule has 2 aromatic rings. The van der Waals surface area contributed by atoms with Gasteiger partial charge in [-0.2, -0.15) is 0 Å². The Hall–Kier alpha value is -2.90. The zero-order valence-electron chi connectivity index (χ0n) is 20.8. The molecule has 0 saturated carbocycles. The number of para-hydroxylation sites is 1. The van der Waals surface area contributed by atoms with E-state index in [-0.39, 0.29) is 29.3 Å². The van der Waals surface area contributed by atoms with Crippen LogP contribution in [0.1, 0.15) is 72.0 Å². The lowest BCUT2D eigenvalue weighted by atomic mass is 9.90. The molecule has 2 amide bonds. The minimum atomic E-state index is -0.741. The Bertz CT molecular complexity index is 1030. The van der Waals surface area contributed by atoms with E-state index in [4.69, 9.17) is 0 Å². The predicted molar refractivity (Wildman–Crippen MR) is 132 cm³/mol. The van der Waals surface area contributed by atoms with Crippen LogP contribution in [-0.2, 0) is 16.1 Å². The van der Waals surface area contributed by atoms with Gasteiger partial charge in [-0.15, -0.1) is 0 Å². The summed E-state index contributed by atoms with van der Waals surface area (Å²) in [4.78, 5) is 35.3. The topological polar surface area (TPSA) is 90.1 Å². The Balaban J connectivity index is 1.67. The number of aromatic nitrogens is 2. The van der Waals surface area contributed by atoms with Crippen LogP contribution in [0.4, 0.5) is 4.39 Å². The molecule has 7 nitrogen and oxygen atoms in total.